The zero-order valence-corrected chi connectivity index (χ0v) is 12.0. The Morgan fingerprint density at radius 3 is 2.55 bits per heavy atom. The van der Waals surface area contributed by atoms with Crippen LogP contribution >= 0.6 is 0 Å². The summed E-state index contributed by atoms with van der Waals surface area (Å²) >= 11 is 0. The summed E-state index contributed by atoms with van der Waals surface area (Å²) < 4.78 is 39.0. The molecule has 0 atom stereocenters. The van der Waals surface area contributed by atoms with Crippen LogP contribution in [0, 0.1) is 11.6 Å². The zero-order valence-electron chi connectivity index (χ0n) is 12.0. The van der Waals surface area contributed by atoms with Gasteiger partial charge in [-0.25, -0.2) is 4.39 Å². The average Bonchev–Trinajstić information content (AvgIpc) is 2.58. The molecule has 0 saturated heterocycles. The molecule has 0 unspecified atom stereocenters. The molecule has 0 aromatic heterocycles. The molecule has 22 heavy (non-hydrogen) atoms. The van der Waals surface area contributed by atoms with E-state index in [-0.39, 0.29) is 17.9 Å². The molecule has 0 radical (unpaired) electrons. The first-order chi connectivity index (χ1) is 10.8. The summed E-state index contributed by atoms with van der Waals surface area (Å²) in [5.74, 6) is -1.88. The number of rotatable bonds is 4. The van der Waals surface area contributed by atoms with Gasteiger partial charge in [-0.15, -0.1) is 0 Å². The third-order valence-electron chi connectivity index (χ3n) is 3.59. The molecule has 1 aliphatic rings. The quantitative estimate of drug-likeness (QED) is 0.836. The molecule has 114 valence electrons. The Morgan fingerprint density at radius 1 is 1.00 bits per heavy atom. The minimum absolute atomic E-state index is 0.0715. The van der Waals surface area contributed by atoms with Gasteiger partial charge in [-0.2, -0.15) is 4.39 Å². The van der Waals surface area contributed by atoms with Gasteiger partial charge in [-0.3, -0.25) is 0 Å². The van der Waals surface area contributed by atoms with Gasteiger partial charge in [0.25, 0.3) is 0 Å². The molecule has 0 fully saturated rings. The van der Waals surface area contributed by atoms with Crippen molar-refractivity contribution in [2.24, 2.45) is 0 Å². The van der Waals surface area contributed by atoms with Gasteiger partial charge in [0.1, 0.15) is 6.61 Å². The minimum Gasteiger partial charge on any atom is -0.486 e. The Bertz CT molecular complexity index is 681. The molecule has 0 aliphatic carbocycles. The molecule has 0 saturated carbocycles. The second kappa shape index (κ2) is 6.71. The van der Waals surface area contributed by atoms with Gasteiger partial charge in [0.15, 0.2) is 11.6 Å². The van der Waals surface area contributed by atoms with E-state index in [1.807, 2.05) is 30.3 Å². The maximum Gasteiger partial charge on any atom is 0.201 e. The number of hydrogen-bond acceptors (Lipinski definition) is 2. The monoisotopic (exact) mass is 302 g/mol. The minimum atomic E-state index is -0.944. The smallest absolute Gasteiger partial charge is 0.201 e. The Morgan fingerprint density at radius 2 is 1.82 bits per heavy atom. The lowest BCUT2D eigenvalue weighted by molar-refractivity contribution is 0.161. The SMILES string of the molecule is Fc1c(OCc2ccccc2)ccc(C2=CCOCC2)c1F. The van der Waals surface area contributed by atoms with E-state index in [4.69, 9.17) is 9.47 Å². The normalized spacial score (nSPS) is 14.5. The van der Waals surface area contributed by atoms with Crippen molar-refractivity contribution >= 4 is 5.57 Å². The van der Waals surface area contributed by atoms with E-state index in [0.717, 1.165) is 11.1 Å². The first-order valence-electron chi connectivity index (χ1n) is 7.17. The summed E-state index contributed by atoms with van der Waals surface area (Å²) in [7, 11) is 0. The van der Waals surface area contributed by atoms with Gasteiger partial charge < -0.3 is 9.47 Å². The molecule has 1 aliphatic heterocycles. The predicted octanol–water partition coefficient (Wildman–Crippen LogP) is 4.35. The second-order valence-corrected chi connectivity index (χ2v) is 5.07. The van der Waals surface area contributed by atoms with Crippen LogP contribution in [0.1, 0.15) is 17.5 Å². The molecule has 1 heterocycles. The summed E-state index contributed by atoms with van der Waals surface area (Å²) in [4.78, 5) is 0. The van der Waals surface area contributed by atoms with Gasteiger partial charge in [-0.05, 0) is 29.7 Å². The van der Waals surface area contributed by atoms with Crippen LogP contribution in [-0.4, -0.2) is 13.2 Å². The molecule has 0 bridgehead atoms. The van der Waals surface area contributed by atoms with Crippen molar-refractivity contribution in [3.05, 3.63) is 71.3 Å². The highest BCUT2D eigenvalue weighted by atomic mass is 19.2. The van der Waals surface area contributed by atoms with E-state index >= 15 is 0 Å². The van der Waals surface area contributed by atoms with Crippen LogP contribution in [0.4, 0.5) is 8.78 Å². The molecular formula is C18H16F2O2. The number of benzene rings is 2. The summed E-state index contributed by atoms with van der Waals surface area (Å²) in [6.07, 6.45) is 2.37. The Kier molecular flexibility index (Phi) is 4.49. The van der Waals surface area contributed by atoms with Gasteiger partial charge >= 0.3 is 0 Å². The summed E-state index contributed by atoms with van der Waals surface area (Å²) in [6.45, 7) is 1.16. The maximum absolute atomic E-state index is 14.2. The first kappa shape index (κ1) is 14.7. The van der Waals surface area contributed by atoms with Gasteiger partial charge in [0.2, 0.25) is 5.82 Å². The lowest BCUT2D eigenvalue weighted by atomic mass is 10.0. The van der Waals surface area contributed by atoms with Gasteiger partial charge in [0.05, 0.1) is 13.2 Å². The highest BCUT2D eigenvalue weighted by Crippen LogP contribution is 2.30. The lowest BCUT2D eigenvalue weighted by Crippen LogP contribution is -2.06. The second-order valence-electron chi connectivity index (χ2n) is 5.07. The van der Waals surface area contributed by atoms with Crippen molar-refractivity contribution in [3.8, 4) is 5.75 Å². The van der Waals surface area contributed by atoms with Crippen LogP contribution in [0.3, 0.4) is 0 Å². The highest BCUT2D eigenvalue weighted by molar-refractivity contribution is 5.67. The summed E-state index contributed by atoms with van der Waals surface area (Å²) in [5.41, 5.74) is 1.96. The van der Waals surface area contributed by atoms with Crippen molar-refractivity contribution in [2.75, 3.05) is 13.2 Å². The third-order valence-corrected chi connectivity index (χ3v) is 3.59. The molecule has 4 heteroatoms. The molecule has 2 aromatic rings. The first-order valence-corrected chi connectivity index (χ1v) is 7.17. The fraction of sp³-hybridized carbons (Fsp3) is 0.222. The molecule has 0 amide bonds. The van der Waals surface area contributed by atoms with Crippen molar-refractivity contribution in [1.82, 2.24) is 0 Å². The number of ether oxygens (including phenoxy) is 2. The van der Waals surface area contributed by atoms with E-state index in [1.54, 1.807) is 12.1 Å². The molecular weight excluding hydrogens is 286 g/mol. The van der Waals surface area contributed by atoms with Gasteiger partial charge in [-0.1, -0.05) is 36.4 Å². The van der Waals surface area contributed by atoms with E-state index in [9.17, 15) is 8.78 Å². The Hall–Kier alpha value is -2.20. The highest BCUT2D eigenvalue weighted by Gasteiger charge is 2.18. The van der Waals surface area contributed by atoms with Crippen LogP contribution in [0.5, 0.6) is 5.75 Å². The molecule has 3 rings (SSSR count). The zero-order chi connectivity index (χ0) is 15.4. The van der Waals surface area contributed by atoms with Crippen molar-refractivity contribution in [2.45, 2.75) is 13.0 Å². The Balaban J connectivity index is 1.79. The number of halogens is 2. The van der Waals surface area contributed by atoms with Gasteiger partial charge in [0, 0.05) is 5.56 Å². The molecule has 2 aromatic carbocycles. The van der Waals surface area contributed by atoms with Crippen LogP contribution in [0.25, 0.3) is 5.57 Å². The summed E-state index contributed by atoms with van der Waals surface area (Å²) in [5, 5.41) is 0. The molecule has 0 spiro atoms. The average molecular weight is 302 g/mol. The fourth-order valence-corrected chi connectivity index (χ4v) is 2.40. The van der Waals surface area contributed by atoms with E-state index in [1.165, 1.54) is 6.07 Å². The third kappa shape index (κ3) is 3.17. The van der Waals surface area contributed by atoms with E-state index in [2.05, 4.69) is 0 Å². The van der Waals surface area contributed by atoms with Crippen LogP contribution in [0.15, 0.2) is 48.5 Å². The van der Waals surface area contributed by atoms with Crippen molar-refractivity contribution in [1.29, 1.82) is 0 Å². The van der Waals surface area contributed by atoms with Crippen LogP contribution in [0.2, 0.25) is 0 Å². The van der Waals surface area contributed by atoms with Crippen molar-refractivity contribution in [3.63, 3.8) is 0 Å². The predicted molar refractivity (Wildman–Crippen MR) is 80.5 cm³/mol. The van der Waals surface area contributed by atoms with E-state index < -0.39 is 11.6 Å². The molecule has 0 N–H and O–H groups in total. The van der Waals surface area contributed by atoms with E-state index in [0.29, 0.717) is 19.6 Å². The molecule has 2 nitrogen and oxygen atoms in total. The van der Waals surface area contributed by atoms with Crippen LogP contribution < -0.4 is 4.74 Å². The number of hydrogen-bond donors (Lipinski definition) is 0. The largest absolute Gasteiger partial charge is 0.486 e. The summed E-state index contributed by atoms with van der Waals surface area (Å²) in [6, 6.07) is 12.4. The lowest BCUT2D eigenvalue weighted by Gasteiger charge is -2.16. The standard InChI is InChI=1S/C18H16F2O2/c19-17-15(14-8-10-21-11-9-14)6-7-16(18(17)20)22-12-13-4-2-1-3-5-13/h1-8H,9-12H2. The Labute approximate surface area is 128 Å². The topological polar surface area (TPSA) is 18.5 Å². The fourth-order valence-electron chi connectivity index (χ4n) is 2.40. The van der Waals surface area contributed by atoms with Crippen LogP contribution in [-0.2, 0) is 11.3 Å². The maximum atomic E-state index is 14.2. The van der Waals surface area contributed by atoms with Crippen molar-refractivity contribution < 1.29 is 18.3 Å².